The van der Waals surface area contributed by atoms with E-state index in [0.29, 0.717) is 0 Å². The topological polar surface area (TPSA) is 72.6 Å². The summed E-state index contributed by atoms with van der Waals surface area (Å²) in [6.45, 7) is 1.16. The SMILES string of the molecule is C[C@@H](O)c1ccc(OCC(N)=O)cc1F. The maximum atomic E-state index is 13.3. The molecule has 0 bridgehead atoms. The van der Waals surface area contributed by atoms with Crippen molar-refractivity contribution in [2.24, 2.45) is 5.73 Å². The van der Waals surface area contributed by atoms with Crippen molar-refractivity contribution >= 4 is 5.91 Å². The van der Waals surface area contributed by atoms with Gasteiger partial charge in [0.05, 0.1) is 6.10 Å². The molecule has 0 saturated carbocycles. The Kier molecular flexibility index (Phi) is 3.62. The Bertz CT molecular complexity index is 366. The van der Waals surface area contributed by atoms with Crippen LogP contribution in [0.1, 0.15) is 18.6 Å². The van der Waals surface area contributed by atoms with Gasteiger partial charge in [-0.15, -0.1) is 0 Å². The molecule has 1 atom stereocenters. The van der Waals surface area contributed by atoms with Crippen molar-refractivity contribution in [3.05, 3.63) is 29.6 Å². The summed E-state index contributed by atoms with van der Waals surface area (Å²) in [7, 11) is 0. The molecule has 1 aromatic carbocycles. The first-order valence-corrected chi connectivity index (χ1v) is 4.39. The molecule has 0 radical (unpaired) electrons. The molecular formula is C10H12FNO3. The van der Waals surface area contributed by atoms with Crippen LogP contribution in [0.5, 0.6) is 5.75 Å². The van der Waals surface area contributed by atoms with Gasteiger partial charge in [0, 0.05) is 11.6 Å². The standard InChI is InChI=1S/C10H12FNO3/c1-6(13)8-3-2-7(4-9(8)11)15-5-10(12)14/h2-4,6,13H,5H2,1H3,(H2,12,14)/t6-/m1/s1. The first-order chi connectivity index (χ1) is 7.00. The van der Waals surface area contributed by atoms with Gasteiger partial charge in [-0.3, -0.25) is 4.79 Å². The zero-order valence-corrected chi connectivity index (χ0v) is 8.24. The lowest BCUT2D eigenvalue weighted by molar-refractivity contribution is -0.119. The quantitative estimate of drug-likeness (QED) is 0.774. The van der Waals surface area contributed by atoms with Crippen LogP contribution in [-0.4, -0.2) is 17.6 Å². The minimum Gasteiger partial charge on any atom is -0.484 e. The van der Waals surface area contributed by atoms with Crippen molar-refractivity contribution in [1.29, 1.82) is 0 Å². The molecule has 0 unspecified atom stereocenters. The summed E-state index contributed by atoms with van der Waals surface area (Å²) in [5.41, 5.74) is 5.04. The maximum Gasteiger partial charge on any atom is 0.255 e. The van der Waals surface area contributed by atoms with Crippen LogP contribution in [-0.2, 0) is 4.79 Å². The van der Waals surface area contributed by atoms with Crippen LogP contribution in [0.3, 0.4) is 0 Å². The molecule has 0 aliphatic carbocycles. The van der Waals surface area contributed by atoms with Gasteiger partial charge in [-0.1, -0.05) is 0 Å². The summed E-state index contributed by atoms with van der Waals surface area (Å²) in [6.07, 6.45) is -0.879. The van der Waals surface area contributed by atoms with Crippen molar-refractivity contribution in [3.63, 3.8) is 0 Å². The number of primary amides is 1. The van der Waals surface area contributed by atoms with Gasteiger partial charge in [0.1, 0.15) is 11.6 Å². The third-order valence-electron chi connectivity index (χ3n) is 1.80. The van der Waals surface area contributed by atoms with Gasteiger partial charge in [0.25, 0.3) is 5.91 Å². The zero-order chi connectivity index (χ0) is 11.4. The normalized spacial score (nSPS) is 12.2. The Labute approximate surface area is 86.5 Å². The largest absolute Gasteiger partial charge is 0.484 e. The number of halogens is 1. The van der Waals surface area contributed by atoms with Gasteiger partial charge in [-0.05, 0) is 19.1 Å². The number of rotatable bonds is 4. The maximum absolute atomic E-state index is 13.3. The van der Waals surface area contributed by atoms with E-state index in [4.69, 9.17) is 15.6 Å². The van der Waals surface area contributed by atoms with Crippen LogP contribution >= 0.6 is 0 Å². The lowest BCUT2D eigenvalue weighted by atomic mass is 10.1. The number of nitrogens with two attached hydrogens (primary N) is 1. The first-order valence-electron chi connectivity index (χ1n) is 4.39. The highest BCUT2D eigenvalue weighted by Gasteiger charge is 2.09. The molecule has 4 nitrogen and oxygen atoms in total. The van der Waals surface area contributed by atoms with E-state index in [0.717, 1.165) is 6.07 Å². The number of benzene rings is 1. The Morgan fingerprint density at radius 3 is 2.80 bits per heavy atom. The second kappa shape index (κ2) is 4.75. The van der Waals surface area contributed by atoms with Gasteiger partial charge in [0.15, 0.2) is 6.61 Å². The highest BCUT2D eigenvalue weighted by Crippen LogP contribution is 2.21. The summed E-state index contributed by atoms with van der Waals surface area (Å²) in [4.78, 5) is 10.4. The van der Waals surface area contributed by atoms with Crippen LogP contribution < -0.4 is 10.5 Å². The smallest absolute Gasteiger partial charge is 0.255 e. The fourth-order valence-electron chi connectivity index (χ4n) is 1.09. The molecule has 1 amide bonds. The highest BCUT2D eigenvalue weighted by molar-refractivity contribution is 5.75. The minimum absolute atomic E-state index is 0.182. The van der Waals surface area contributed by atoms with Gasteiger partial charge >= 0.3 is 0 Å². The Balaban J connectivity index is 2.77. The number of amides is 1. The molecule has 15 heavy (non-hydrogen) atoms. The van der Waals surface area contributed by atoms with Crippen LogP contribution in [0, 0.1) is 5.82 Å². The number of aliphatic hydroxyl groups is 1. The number of ether oxygens (including phenoxy) is 1. The van der Waals surface area contributed by atoms with Gasteiger partial charge < -0.3 is 15.6 Å². The van der Waals surface area contributed by atoms with Crippen LogP contribution in [0.2, 0.25) is 0 Å². The average molecular weight is 213 g/mol. The average Bonchev–Trinajstić information content (AvgIpc) is 2.14. The molecule has 0 fully saturated rings. The predicted octanol–water partition coefficient (Wildman–Crippen LogP) is 0.743. The van der Waals surface area contributed by atoms with Crippen molar-refractivity contribution in [3.8, 4) is 5.75 Å². The molecule has 0 aliphatic heterocycles. The summed E-state index contributed by atoms with van der Waals surface area (Å²) in [5, 5.41) is 9.16. The van der Waals surface area contributed by atoms with E-state index in [1.54, 1.807) is 0 Å². The second-order valence-corrected chi connectivity index (χ2v) is 3.11. The van der Waals surface area contributed by atoms with Gasteiger partial charge in [-0.25, -0.2) is 4.39 Å². The molecule has 0 heterocycles. The van der Waals surface area contributed by atoms with E-state index < -0.39 is 17.8 Å². The highest BCUT2D eigenvalue weighted by atomic mass is 19.1. The predicted molar refractivity (Wildman–Crippen MR) is 51.7 cm³/mol. The summed E-state index contributed by atoms with van der Waals surface area (Å²) in [6, 6.07) is 3.97. The number of hydrogen-bond donors (Lipinski definition) is 2. The van der Waals surface area contributed by atoms with E-state index in [1.807, 2.05) is 0 Å². The van der Waals surface area contributed by atoms with Crippen molar-refractivity contribution in [2.75, 3.05) is 6.61 Å². The van der Waals surface area contributed by atoms with E-state index in [2.05, 4.69) is 0 Å². The van der Waals surface area contributed by atoms with E-state index >= 15 is 0 Å². The molecule has 0 spiro atoms. The minimum atomic E-state index is -0.879. The Morgan fingerprint density at radius 1 is 1.67 bits per heavy atom. The summed E-state index contributed by atoms with van der Waals surface area (Å²) < 4.78 is 18.2. The lowest BCUT2D eigenvalue weighted by Gasteiger charge is -2.08. The van der Waals surface area contributed by atoms with Crippen LogP contribution in [0.25, 0.3) is 0 Å². The molecule has 0 saturated heterocycles. The fraction of sp³-hybridized carbons (Fsp3) is 0.300. The molecular weight excluding hydrogens is 201 g/mol. The molecule has 82 valence electrons. The lowest BCUT2D eigenvalue weighted by Crippen LogP contribution is -2.20. The molecule has 1 rings (SSSR count). The van der Waals surface area contributed by atoms with Crippen LogP contribution in [0.15, 0.2) is 18.2 Å². The summed E-state index contributed by atoms with van der Waals surface area (Å²) in [5.74, 6) is -1.00. The third kappa shape index (κ3) is 3.21. The van der Waals surface area contributed by atoms with Crippen LogP contribution in [0.4, 0.5) is 4.39 Å². The van der Waals surface area contributed by atoms with E-state index in [1.165, 1.54) is 19.1 Å². The first kappa shape index (κ1) is 11.5. The molecule has 3 N–H and O–H groups in total. The monoisotopic (exact) mass is 213 g/mol. The van der Waals surface area contributed by atoms with E-state index in [-0.39, 0.29) is 17.9 Å². The molecule has 0 aliphatic rings. The molecule has 0 aromatic heterocycles. The van der Waals surface area contributed by atoms with Gasteiger partial charge in [0.2, 0.25) is 0 Å². The third-order valence-corrected chi connectivity index (χ3v) is 1.80. The second-order valence-electron chi connectivity index (χ2n) is 3.11. The zero-order valence-electron chi connectivity index (χ0n) is 8.24. The molecule has 5 heteroatoms. The van der Waals surface area contributed by atoms with Crippen molar-refractivity contribution in [1.82, 2.24) is 0 Å². The Morgan fingerprint density at radius 2 is 2.33 bits per heavy atom. The Hall–Kier alpha value is -1.62. The number of hydrogen-bond acceptors (Lipinski definition) is 3. The van der Waals surface area contributed by atoms with Gasteiger partial charge in [-0.2, -0.15) is 0 Å². The van der Waals surface area contributed by atoms with Crippen molar-refractivity contribution < 1.29 is 19.0 Å². The summed E-state index contributed by atoms with van der Waals surface area (Å²) >= 11 is 0. The van der Waals surface area contributed by atoms with E-state index in [9.17, 15) is 9.18 Å². The van der Waals surface area contributed by atoms with Crippen molar-refractivity contribution in [2.45, 2.75) is 13.0 Å². The number of carbonyl (C=O) groups is 1. The number of carbonyl (C=O) groups excluding carboxylic acids is 1. The fourth-order valence-corrected chi connectivity index (χ4v) is 1.09. The molecule has 1 aromatic rings. The number of aliphatic hydroxyl groups excluding tert-OH is 1.